The van der Waals surface area contributed by atoms with Gasteiger partial charge in [0.05, 0.1) is 23.8 Å². The molecular formula is C34H41ClN6O4. The average molecular weight is 633 g/mol. The Kier molecular flexibility index (Phi) is 7.55. The molecule has 11 heteroatoms. The van der Waals surface area contributed by atoms with Crippen LogP contribution in [0.3, 0.4) is 0 Å². The van der Waals surface area contributed by atoms with E-state index < -0.39 is 17.7 Å². The van der Waals surface area contributed by atoms with E-state index in [1.54, 1.807) is 11.1 Å². The third-order valence-corrected chi connectivity index (χ3v) is 9.92. The number of carbonyl (C=O) groups excluding carboxylic acids is 2. The Hall–Kier alpha value is -3.63. The highest BCUT2D eigenvalue weighted by molar-refractivity contribution is 6.30. The molecule has 7 rings (SSSR count). The molecule has 3 fully saturated rings. The van der Waals surface area contributed by atoms with Crippen LogP contribution in [0.5, 0.6) is 5.75 Å². The van der Waals surface area contributed by atoms with Crippen LogP contribution in [0.15, 0.2) is 49.1 Å². The van der Waals surface area contributed by atoms with Gasteiger partial charge in [0, 0.05) is 72.7 Å². The number of piperidine rings is 1. The Bertz CT molecular complexity index is 1620. The molecule has 238 valence electrons. The summed E-state index contributed by atoms with van der Waals surface area (Å²) in [7, 11) is 0. The maximum Gasteiger partial charge on any atom is 0.411 e. The maximum absolute atomic E-state index is 14.6. The van der Waals surface area contributed by atoms with Crippen molar-refractivity contribution in [1.29, 1.82) is 0 Å². The van der Waals surface area contributed by atoms with Crippen molar-refractivity contribution in [3.8, 4) is 5.75 Å². The van der Waals surface area contributed by atoms with Gasteiger partial charge in [0.1, 0.15) is 24.0 Å². The summed E-state index contributed by atoms with van der Waals surface area (Å²) in [6.45, 7) is 10.5. The Morgan fingerprint density at radius 2 is 1.98 bits per heavy atom. The van der Waals surface area contributed by atoms with E-state index in [1.165, 1.54) is 0 Å². The number of carbonyl (C=O) groups is 2. The van der Waals surface area contributed by atoms with E-state index in [1.807, 2.05) is 69.3 Å². The zero-order valence-electron chi connectivity index (χ0n) is 26.4. The number of halogens is 1. The highest BCUT2D eigenvalue weighted by Crippen LogP contribution is 2.61. The quantitative estimate of drug-likeness (QED) is 0.382. The van der Waals surface area contributed by atoms with Crippen molar-refractivity contribution >= 4 is 23.6 Å². The van der Waals surface area contributed by atoms with E-state index in [-0.39, 0.29) is 17.4 Å². The SMILES string of the molecule is Cc1cn([C@H]2C[C@@]23CCCN(C(=O)[C@@H]2CN(C4c5ccc(Cl)cc5OCc5cccnc54)CCN2C(=O)OC(C)(C)C)C3)cn1. The van der Waals surface area contributed by atoms with Gasteiger partial charge in [0.2, 0.25) is 5.91 Å². The van der Waals surface area contributed by atoms with Gasteiger partial charge in [-0.2, -0.15) is 0 Å². The second kappa shape index (κ2) is 11.3. The molecule has 2 amide bonds. The smallest absolute Gasteiger partial charge is 0.411 e. The minimum Gasteiger partial charge on any atom is -0.488 e. The topological polar surface area (TPSA) is 93.0 Å². The van der Waals surface area contributed by atoms with Gasteiger partial charge in [0.15, 0.2) is 0 Å². The summed E-state index contributed by atoms with van der Waals surface area (Å²) in [4.78, 5) is 43.4. The summed E-state index contributed by atoms with van der Waals surface area (Å²) in [5.41, 5.74) is 3.19. The molecule has 0 radical (unpaired) electrons. The lowest BCUT2D eigenvalue weighted by molar-refractivity contribution is -0.142. The number of likely N-dealkylation sites (tertiary alicyclic amines) is 1. The molecule has 2 aromatic heterocycles. The number of amides is 2. The van der Waals surface area contributed by atoms with E-state index in [0.29, 0.717) is 56.1 Å². The minimum absolute atomic E-state index is 0.0282. The number of ether oxygens (including phenoxy) is 2. The van der Waals surface area contributed by atoms with Crippen LogP contribution in [0, 0.1) is 12.3 Å². The monoisotopic (exact) mass is 632 g/mol. The Balaban J connectivity index is 1.20. The largest absolute Gasteiger partial charge is 0.488 e. The van der Waals surface area contributed by atoms with E-state index in [2.05, 4.69) is 20.6 Å². The molecule has 10 nitrogen and oxygen atoms in total. The Labute approximate surface area is 269 Å². The van der Waals surface area contributed by atoms with Crippen LogP contribution < -0.4 is 4.74 Å². The summed E-state index contributed by atoms with van der Waals surface area (Å²) in [6, 6.07) is 9.02. The van der Waals surface area contributed by atoms with Crippen molar-refractivity contribution in [2.45, 2.75) is 77.3 Å². The molecule has 1 saturated carbocycles. The van der Waals surface area contributed by atoms with Gasteiger partial charge in [-0.15, -0.1) is 0 Å². The summed E-state index contributed by atoms with van der Waals surface area (Å²) >= 11 is 6.39. The predicted molar refractivity (Wildman–Crippen MR) is 169 cm³/mol. The first-order valence-corrected chi connectivity index (χ1v) is 16.3. The van der Waals surface area contributed by atoms with Crippen molar-refractivity contribution in [1.82, 2.24) is 29.2 Å². The number of aryl methyl sites for hydroxylation is 1. The number of rotatable bonds is 3. The molecule has 1 aromatic carbocycles. The van der Waals surface area contributed by atoms with Crippen LogP contribution in [0.1, 0.15) is 74.6 Å². The molecular weight excluding hydrogens is 592 g/mol. The van der Waals surface area contributed by atoms with Gasteiger partial charge in [-0.1, -0.05) is 23.7 Å². The number of imidazole rings is 1. The van der Waals surface area contributed by atoms with E-state index in [4.69, 9.17) is 26.1 Å². The minimum atomic E-state index is -0.705. The average Bonchev–Trinajstić information content (AvgIpc) is 3.56. The van der Waals surface area contributed by atoms with E-state index >= 15 is 0 Å². The third-order valence-electron chi connectivity index (χ3n) is 9.69. The molecule has 3 aromatic rings. The van der Waals surface area contributed by atoms with Crippen LogP contribution in [0.2, 0.25) is 5.02 Å². The Morgan fingerprint density at radius 3 is 2.76 bits per heavy atom. The zero-order valence-corrected chi connectivity index (χ0v) is 27.2. The molecule has 1 unspecified atom stereocenters. The number of piperazine rings is 1. The van der Waals surface area contributed by atoms with Crippen molar-refractivity contribution < 1.29 is 19.1 Å². The zero-order chi connectivity index (χ0) is 31.5. The van der Waals surface area contributed by atoms with Crippen LogP contribution in [-0.4, -0.2) is 85.6 Å². The lowest BCUT2D eigenvalue weighted by Gasteiger charge is -2.46. The number of hydrogen-bond acceptors (Lipinski definition) is 7. The van der Waals surface area contributed by atoms with Gasteiger partial charge in [-0.3, -0.25) is 19.6 Å². The number of hydrogen-bond donors (Lipinski definition) is 0. The first-order valence-electron chi connectivity index (χ1n) is 15.9. The molecule has 0 N–H and O–H groups in total. The molecule has 0 bridgehead atoms. The highest BCUT2D eigenvalue weighted by atomic mass is 35.5. The van der Waals surface area contributed by atoms with Crippen LogP contribution in [0.25, 0.3) is 0 Å². The maximum atomic E-state index is 14.6. The van der Waals surface area contributed by atoms with Gasteiger partial charge in [-0.05, 0) is 65.2 Å². The molecule has 45 heavy (non-hydrogen) atoms. The van der Waals surface area contributed by atoms with Crippen molar-refractivity contribution in [3.63, 3.8) is 0 Å². The fourth-order valence-corrected chi connectivity index (χ4v) is 7.66. The molecule has 2 saturated heterocycles. The number of nitrogens with zero attached hydrogens (tertiary/aromatic N) is 6. The normalized spacial score (nSPS) is 26.5. The lowest BCUT2D eigenvalue weighted by Crippen LogP contribution is -2.63. The van der Waals surface area contributed by atoms with Crippen LogP contribution in [0.4, 0.5) is 4.79 Å². The van der Waals surface area contributed by atoms with Gasteiger partial charge in [0.25, 0.3) is 0 Å². The fraction of sp³-hybridized carbons (Fsp3) is 0.529. The molecule has 3 aliphatic heterocycles. The number of pyridine rings is 1. The summed E-state index contributed by atoms with van der Waals surface area (Å²) in [6.07, 6.45) is 8.39. The molecule has 1 aliphatic carbocycles. The standard InChI is InChI=1S/C34H41ClN6O4/c1-22-17-40(21-37-22)28-16-34(28)10-6-12-39(20-34)31(42)26-18-38(13-14-41(26)32(43)45-33(2,3)4)30-25-9-8-24(35)15-27(25)44-19-23-7-5-11-36-29(23)30/h5,7-9,11,15,17,21,26,28,30H,6,10,12-14,16,18-20H2,1-4H3/t26-,28-,30?,34+/m0/s1. The molecule has 4 aliphatic rings. The number of fused-ring (bicyclic) bond motifs is 2. The molecule has 1 spiro atoms. The third kappa shape index (κ3) is 5.78. The summed E-state index contributed by atoms with van der Waals surface area (Å²) in [5, 5.41) is 0.595. The second-order valence-electron chi connectivity index (χ2n) is 14.0. The second-order valence-corrected chi connectivity index (χ2v) is 14.4. The van der Waals surface area contributed by atoms with Crippen molar-refractivity contribution in [3.05, 3.63) is 76.6 Å². The van der Waals surface area contributed by atoms with E-state index in [9.17, 15) is 9.59 Å². The summed E-state index contributed by atoms with van der Waals surface area (Å²) < 4.78 is 14.3. The predicted octanol–water partition coefficient (Wildman–Crippen LogP) is 5.40. The first kappa shape index (κ1) is 30.0. The van der Waals surface area contributed by atoms with Gasteiger partial charge < -0.3 is 18.9 Å². The highest BCUT2D eigenvalue weighted by Gasteiger charge is 2.58. The van der Waals surface area contributed by atoms with Crippen LogP contribution >= 0.6 is 11.6 Å². The summed E-state index contributed by atoms with van der Waals surface area (Å²) in [5.74, 6) is 0.676. The van der Waals surface area contributed by atoms with Crippen molar-refractivity contribution in [2.24, 2.45) is 5.41 Å². The first-order chi connectivity index (χ1) is 21.5. The van der Waals surface area contributed by atoms with Gasteiger partial charge >= 0.3 is 6.09 Å². The molecule has 4 atom stereocenters. The number of benzene rings is 1. The van der Waals surface area contributed by atoms with Gasteiger partial charge in [-0.25, -0.2) is 9.78 Å². The molecule has 5 heterocycles. The Morgan fingerprint density at radius 1 is 1.13 bits per heavy atom. The van der Waals surface area contributed by atoms with Crippen LogP contribution in [-0.2, 0) is 16.1 Å². The fourth-order valence-electron chi connectivity index (χ4n) is 7.50. The van der Waals surface area contributed by atoms with Crippen molar-refractivity contribution in [2.75, 3.05) is 32.7 Å². The number of aromatic nitrogens is 3. The van der Waals surface area contributed by atoms with E-state index in [0.717, 1.165) is 41.8 Å². The lowest BCUT2D eigenvalue weighted by atomic mass is 9.92.